The zero-order valence-corrected chi connectivity index (χ0v) is 17.8. The van der Waals surface area contributed by atoms with Crippen LogP contribution in [0.1, 0.15) is 35.8 Å². The molecule has 0 spiro atoms. The minimum absolute atomic E-state index is 0.251. The van der Waals surface area contributed by atoms with Crippen LogP contribution in [0.25, 0.3) is 5.57 Å². The van der Waals surface area contributed by atoms with Crippen LogP contribution in [-0.2, 0) is 16.0 Å². The highest BCUT2D eigenvalue weighted by atomic mass is 32.1. The van der Waals surface area contributed by atoms with Gasteiger partial charge >= 0.3 is 0 Å². The molecule has 0 N–H and O–H groups in total. The molecule has 0 unspecified atom stereocenters. The third-order valence-electron chi connectivity index (χ3n) is 5.80. The Morgan fingerprint density at radius 2 is 1.67 bits per heavy atom. The molecule has 0 fully saturated rings. The first-order valence-corrected chi connectivity index (χ1v) is 11.1. The molecule has 150 valence electrons. The van der Waals surface area contributed by atoms with E-state index >= 15 is 0 Å². The predicted octanol–water partition coefficient (Wildman–Crippen LogP) is 5.22. The molecule has 0 aliphatic carbocycles. The number of hydrogen-bond acceptors (Lipinski definition) is 4. The monoisotopic (exact) mass is 414 g/mol. The Bertz CT molecular complexity index is 1160. The van der Waals surface area contributed by atoms with E-state index in [0.29, 0.717) is 29.4 Å². The van der Waals surface area contributed by atoms with E-state index in [1.807, 2.05) is 64.9 Å². The number of thiophene rings is 1. The van der Waals surface area contributed by atoms with Gasteiger partial charge in [-0.25, -0.2) is 4.90 Å². The lowest BCUT2D eigenvalue weighted by atomic mass is 10.0. The minimum Gasteiger partial charge on any atom is -0.336 e. The molecule has 3 heterocycles. The van der Waals surface area contributed by atoms with E-state index in [0.717, 1.165) is 17.0 Å². The van der Waals surface area contributed by atoms with Crippen molar-refractivity contribution in [2.45, 2.75) is 26.2 Å². The largest absolute Gasteiger partial charge is 0.336 e. The van der Waals surface area contributed by atoms with Crippen LogP contribution in [0.5, 0.6) is 0 Å². The molecule has 2 aliphatic rings. The van der Waals surface area contributed by atoms with E-state index in [9.17, 15) is 9.59 Å². The predicted molar refractivity (Wildman–Crippen MR) is 122 cm³/mol. The Morgan fingerprint density at radius 3 is 2.37 bits per heavy atom. The van der Waals surface area contributed by atoms with Crippen LogP contribution in [0.15, 0.2) is 71.7 Å². The minimum atomic E-state index is -0.252. The third-order valence-corrected chi connectivity index (χ3v) is 6.69. The number of anilines is 2. The Labute approximate surface area is 180 Å². The standard InChI is InChI=1S/C25H22N2O2S/c1-16(2)17-9-11-19(12-10-17)27-24(28)22(21-8-5-15-30-21)23(25(27)29)26-14-13-18-6-3-4-7-20(18)26/h3-12,15-16H,13-14H2,1-2H3. The van der Waals surface area contributed by atoms with Gasteiger partial charge in [0.25, 0.3) is 11.8 Å². The fraction of sp³-hybridized carbons (Fsp3) is 0.200. The Balaban J connectivity index is 1.62. The molecule has 2 aliphatic heterocycles. The zero-order valence-electron chi connectivity index (χ0n) is 17.0. The molecule has 0 bridgehead atoms. The van der Waals surface area contributed by atoms with Gasteiger partial charge in [-0.1, -0.05) is 50.2 Å². The maximum Gasteiger partial charge on any atom is 0.282 e. The van der Waals surface area contributed by atoms with Crippen LogP contribution >= 0.6 is 11.3 Å². The van der Waals surface area contributed by atoms with E-state index in [-0.39, 0.29) is 11.8 Å². The van der Waals surface area contributed by atoms with Crippen LogP contribution in [-0.4, -0.2) is 18.4 Å². The van der Waals surface area contributed by atoms with Crippen molar-refractivity contribution in [2.75, 3.05) is 16.3 Å². The number of imide groups is 1. The van der Waals surface area contributed by atoms with Gasteiger partial charge in [0, 0.05) is 17.1 Å². The lowest BCUT2D eigenvalue weighted by Gasteiger charge is -2.22. The van der Waals surface area contributed by atoms with E-state index in [1.54, 1.807) is 0 Å². The van der Waals surface area contributed by atoms with Gasteiger partial charge in [0.05, 0.1) is 11.3 Å². The van der Waals surface area contributed by atoms with Gasteiger partial charge in [-0.15, -0.1) is 11.3 Å². The molecule has 2 amide bonds. The summed E-state index contributed by atoms with van der Waals surface area (Å²) in [5.74, 6) is -0.114. The summed E-state index contributed by atoms with van der Waals surface area (Å²) in [7, 11) is 0. The summed E-state index contributed by atoms with van der Waals surface area (Å²) < 4.78 is 0. The van der Waals surface area contributed by atoms with Crippen molar-refractivity contribution in [3.05, 3.63) is 87.7 Å². The highest BCUT2D eigenvalue weighted by Gasteiger charge is 2.44. The van der Waals surface area contributed by atoms with E-state index in [1.165, 1.54) is 27.4 Å². The summed E-state index contributed by atoms with van der Waals surface area (Å²) in [4.78, 5) is 31.4. The molecular formula is C25H22N2O2S. The summed E-state index contributed by atoms with van der Waals surface area (Å²) >= 11 is 1.49. The maximum absolute atomic E-state index is 13.6. The number of para-hydroxylation sites is 1. The number of carbonyl (C=O) groups is 2. The Hall–Kier alpha value is -3.18. The summed E-state index contributed by atoms with van der Waals surface area (Å²) in [6.45, 7) is 4.95. The number of fused-ring (bicyclic) bond motifs is 1. The molecule has 4 nitrogen and oxygen atoms in total. The quantitative estimate of drug-likeness (QED) is 0.550. The molecule has 0 radical (unpaired) electrons. The van der Waals surface area contributed by atoms with Crippen molar-refractivity contribution >= 4 is 40.1 Å². The van der Waals surface area contributed by atoms with Crippen LogP contribution in [0.4, 0.5) is 11.4 Å². The van der Waals surface area contributed by atoms with Crippen LogP contribution in [0.3, 0.4) is 0 Å². The van der Waals surface area contributed by atoms with E-state index in [4.69, 9.17) is 0 Å². The molecule has 5 heteroatoms. The van der Waals surface area contributed by atoms with Gasteiger partial charge in [0.15, 0.2) is 0 Å². The smallest absolute Gasteiger partial charge is 0.282 e. The fourth-order valence-electron chi connectivity index (χ4n) is 4.22. The van der Waals surface area contributed by atoms with E-state index in [2.05, 4.69) is 19.9 Å². The average molecular weight is 415 g/mol. The molecule has 2 aromatic carbocycles. The van der Waals surface area contributed by atoms with Crippen LogP contribution in [0.2, 0.25) is 0 Å². The molecule has 0 saturated heterocycles. The van der Waals surface area contributed by atoms with Crippen LogP contribution < -0.4 is 9.80 Å². The van der Waals surface area contributed by atoms with Gasteiger partial charge in [-0.3, -0.25) is 9.59 Å². The highest BCUT2D eigenvalue weighted by molar-refractivity contribution is 7.11. The van der Waals surface area contributed by atoms with Crippen molar-refractivity contribution in [3.63, 3.8) is 0 Å². The first-order valence-electron chi connectivity index (χ1n) is 10.2. The molecule has 0 saturated carbocycles. The van der Waals surface area contributed by atoms with Gasteiger partial charge in [-0.2, -0.15) is 0 Å². The van der Waals surface area contributed by atoms with Gasteiger partial charge in [0.2, 0.25) is 0 Å². The second kappa shape index (κ2) is 7.26. The highest BCUT2D eigenvalue weighted by Crippen LogP contribution is 2.41. The van der Waals surface area contributed by atoms with Gasteiger partial charge in [0.1, 0.15) is 5.70 Å². The number of benzene rings is 2. The Morgan fingerprint density at radius 1 is 0.900 bits per heavy atom. The van der Waals surface area contributed by atoms with Crippen molar-refractivity contribution in [2.24, 2.45) is 0 Å². The number of nitrogens with zero attached hydrogens (tertiary/aromatic N) is 2. The average Bonchev–Trinajstić information content (AvgIpc) is 3.46. The summed E-state index contributed by atoms with van der Waals surface area (Å²) in [6.07, 6.45) is 0.863. The van der Waals surface area contributed by atoms with E-state index < -0.39 is 0 Å². The molecule has 1 aromatic heterocycles. The number of carbonyl (C=O) groups excluding carboxylic acids is 2. The van der Waals surface area contributed by atoms with Crippen molar-refractivity contribution in [1.82, 2.24) is 0 Å². The Kier molecular flexibility index (Phi) is 4.55. The molecular weight excluding hydrogens is 392 g/mol. The van der Waals surface area contributed by atoms with Crippen molar-refractivity contribution in [1.29, 1.82) is 0 Å². The zero-order chi connectivity index (χ0) is 20.8. The number of hydrogen-bond donors (Lipinski definition) is 0. The topological polar surface area (TPSA) is 40.6 Å². The summed E-state index contributed by atoms with van der Waals surface area (Å²) in [5, 5.41) is 1.94. The molecule has 30 heavy (non-hydrogen) atoms. The second-order valence-corrected chi connectivity index (χ2v) is 8.87. The first kappa shape index (κ1) is 18.8. The fourth-order valence-corrected chi connectivity index (χ4v) is 4.99. The summed E-state index contributed by atoms with van der Waals surface area (Å²) in [5.41, 5.74) is 5.00. The van der Waals surface area contributed by atoms with Crippen molar-refractivity contribution < 1.29 is 9.59 Å². The normalized spacial score (nSPS) is 16.2. The lowest BCUT2D eigenvalue weighted by Crippen LogP contribution is -2.34. The summed E-state index contributed by atoms with van der Waals surface area (Å²) in [6, 6.07) is 19.7. The number of rotatable bonds is 4. The van der Waals surface area contributed by atoms with Crippen molar-refractivity contribution in [3.8, 4) is 0 Å². The maximum atomic E-state index is 13.6. The molecule has 0 atom stereocenters. The second-order valence-electron chi connectivity index (χ2n) is 7.92. The number of amides is 2. The van der Waals surface area contributed by atoms with Gasteiger partial charge < -0.3 is 4.90 Å². The first-order chi connectivity index (χ1) is 14.6. The van der Waals surface area contributed by atoms with Crippen LogP contribution in [0, 0.1) is 0 Å². The molecule has 5 rings (SSSR count). The SMILES string of the molecule is CC(C)c1ccc(N2C(=O)C(c3cccs3)=C(N3CCc4ccccc43)C2=O)cc1. The third kappa shape index (κ3) is 2.89. The van der Waals surface area contributed by atoms with Gasteiger partial charge in [-0.05, 0) is 53.1 Å². The molecule has 3 aromatic rings. The lowest BCUT2D eigenvalue weighted by molar-refractivity contribution is -0.120.